The molecule has 0 saturated carbocycles. The number of benzene rings is 2. The predicted molar refractivity (Wildman–Crippen MR) is 133 cm³/mol. The van der Waals surface area contributed by atoms with Crippen LogP contribution in [0.3, 0.4) is 0 Å². The Labute approximate surface area is 208 Å². The molecular formula is C27H31F3N4O2. The van der Waals surface area contributed by atoms with Gasteiger partial charge in [0.25, 0.3) is 5.92 Å². The van der Waals surface area contributed by atoms with Gasteiger partial charge >= 0.3 is 0 Å². The first-order valence-corrected chi connectivity index (χ1v) is 12.5. The second-order valence-corrected chi connectivity index (χ2v) is 9.57. The molecule has 3 aromatic rings. The average Bonchev–Trinajstić information content (AvgIpc) is 3.34. The average molecular weight is 501 g/mol. The number of ether oxygens (including phenoxy) is 1. The lowest BCUT2D eigenvalue weighted by atomic mass is 9.98. The molecule has 0 unspecified atom stereocenters. The molecule has 192 valence electrons. The molecule has 1 fully saturated rings. The fourth-order valence-corrected chi connectivity index (χ4v) is 5.38. The zero-order valence-electron chi connectivity index (χ0n) is 20.6. The zero-order valence-corrected chi connectivity index (χ0v) is 20.6. The second-order valence-electron chi connectivity index (χ2n) is 9.57. The first kappa shape index (κ1) is 24.8. The summed E-state index contributed by atoms with van der Waals surface area (Å²) >= 11 is 0. The number of halogens is 3. The third-order valence-electron chi connectivity index (χ3n) is 7.17. The number of hydrogen-bond donors (Lipinski definition) is 2. The van der Waals surface area contributed by atoms with E-state index >= 15 is 4.39 Å². The highest BCUT2D eigenvalue weighted by molar-refractivity contribution is 5.96. The van der Waals surface area contributed by atoms with Crippen molar-refractivity contribution in [2.45, 2.75) is 51.5 Å². The van der Waals surface area contributed by atoms with Crippen LogP contribution in [-0.2, 0) is 23.5 Å². The number of aliphatic hydroxyl groups is 1. The summed E-state index contributed by atoms with van der Waals surface area (Å²) in [7, 11) is 0. The molecule has 1 aliphatic heterocycles. The quantitative estimate of drug-likeness (QED) is 0.473. The number of nitrogens with one attached hydrogen (secondary N) is 1. The van der Waals surface area contributed by atoms with Crippen LogP contribution in [0.25, 0.3) is 10.9 Å². The van der Waals surface area contributed by atoms with E-state index in [2.05, 4.69) is 21.3 Å². The lowest BCUT2D eigenvalue weighted by molar-refractivity contribution is -0.0301. The minimum Gasteiger partial charge on any atom is -0.396 e. The molecule has 36 heavy (non-hydrogen) atoms. The third-order valence-corrected chi connectivity index (χ3v) is 7.17. The van der Waals surface area contributed by atoms with Crippen LogP contribution in [0.1, 0.15) is 53.9 Å². The Kier molecular flexibility index (Phi) is 6.78. The van der Waals surface area contributed by atoms with E-state index in [-0.39, 0.29) is 5.56 Å². The zero-order chi connectivity index (χ0) is 25.4. The van der Waals surface area contributed by atoms with Crippen molar-refractivity contribution in [1.29, 1.82) is 0 Å². The Morgan fingerprint density at radius 1 is 1.17 bits per heavy atom. The van der Waals surface area contributed by atoms with Gasteiger partial charge in [0, 0.05) is 42.8 Å². The van der Waals surface area contributed by atoms with Crippen LogP contribution in [0, 0.1) is 12.7 Å². The van der Waals surface area contributed by atoms with E-state index in [0.29, 0.717) is 24.9 Å². The Hall–Kier alpha value is -2.91. The number of alkyl halides is 2. The second kappa shape index (κ2) is 9.86. The highest BCUT2D eigenvalue weighted by atomic mass is 19.3. The summed E-state index contributed by atoms with van der Waals surface area (Å²) in [4.78, 5) is 11.7. The standard InChI is InChI=1S/C27H31F3N4O2/c1-16(18-5-4-8-22(24(18)28)27(29,30)9-12-35)31-26-21-15-23(34-10-13-36-14-11-34)19-6-3-7-20(19)25(21)32-17(2)33-26/h4-5,8,15-16,35H,3,6-7,9-14H2,1-2H3,(H,31,32,33)/t16-/m1/s1. The molecule has 9 heteroatoms. The minimum atomic E-state index is -3.46. The minimum absolute atomic E-state index is 0.115. The maximum absolute atomic E-state index is 15.3. The lowest BCUT2D eigenvalue weighted by Crippen LogP contribution is -2.36. The Bertz CT molecular complexity index is 1280. The van der Waals surface area contributed by atoms with Crippen LogP contribution in [-0.4, -0.2) is 48.0 Å². The Balaban J connectivity index is 1.56. The van der Waals surface area contributed by atoms with Crippen molar-refractivity contribution in [3.8, 4) is 0 Å². The molecule has 5 rings (SSSR count). The van der Waals surface area contributed by atoms with E-state index in [1.807, 2.05) is 6.92 Å². The van der Waals surface area contributed by atoms with Crippen LogP contribution >= 0.6 is 0 Å². The topological polar surface area (TPSA) is 70.5 Å². The van der Waals surface area contributed by atoms with Crippen molar-refractivity contribution < 1.29 is 23.0 Å². The largest absolute Gasteiger partial charge is 0.396 e. The predicted octanol–water partition coefficient (Wildman–Crippen LogP) is 5.05. The van der Waals surface area contributed by atoms with Gasteiger partial charge in [-0.3, -0.25) is 0 Å². The number of aromatic nitrogens is 2. The van der Waals surface area contributed by atoms with Crippen LogP contribution in [0.4, 0.5) is 24.7 Å². The number of fused-ring (bicyclic) bond motifs is 3. The number of nitrogens with zero attached hydrogens (tertiary/aromatic N) is 3. The van der Waals surface area contributed by atoms with Gasteiger partial charge in [-0.1, -0.05) is 18.2 Å². The van der Waals surface area contributed by atoms with Gasteiger partial charge in [0.1, 0.15) is 17.5 Å². The maximum atomic E-state index is 15.3. The van der Waals surface area contributed by atoms with Gasteiger partial charge in [-0.05, 0) is 50.3 Å². The van der Waals surface area contributed by atoms with Gasteiger partial charge in [-0.15, -0.1) is 0 Å². The molecular weight excluding hydrogens is 469 g/mol. The highest BCUT2D eigenvalue weighted by Crippen LogP contribution is 2.40. The van der Waals surface area contributed by atoms with Crippen molar-refractivity contribution >= 4 is 22.4 Å². The SMILES string of the molecule is Cc1nc(N[C@H](C)c2cccc(C(F)(F)CCO)c2F)c2cc(N3CCOCC3)c3c(c2n1)CCC3. The maximum Gasteiger partial charge on any atom is 0.278 e. The van der Waals surface area contributed by atoms with Crippen molar-refractivity contribution in [1.82, 2.24) is 9.97 Å². The van der Waals surface area contributed by atoms with Crippen LogP contribution in [0.5, 0.6) is 0 Å². The van der Waals surface area contributed by atoms with Crippen molar-refractivity contribution in [2.75, 3.05) is 43.1 Å². The van der Waals surface area contributed by atoms with Crippen molar-refractivity contribution in [2.24, 2.45) is 0 Å². The number of rotatable bonds is 7. The van der Waals surface area contributed by atoms with E-state index in [9.17, 15) is 8.78 Å². The molecule has 0 radical (unpaired) electrons. The summed E-state index contributed by atoms with van der Waals surface area (Å²) < 4.78 is 49.7. The van der Waals surface area contributed by atoms with Crippen LogP contribution in [0.2, 0.25) is 0 Å². The number of aryl methyl sites for hydroxylation is 2. The molecule has 1 aliphatic carbocycles. The van der Waals surface area contributed by atoms with E-state index in [4.69, 9.17) is 14.8 Å². The summed E-state index contributed by atoms with van der Waals surface area (Å²) in [6.07, 6.45) is 2.17. The first-order chi connectivity index (χ1) is 17.3. The first-order valence-electron chi connectivity index (χ1n) is 12.5. The third kappa shape index (κ3) is 4.50. The summed E-state index contributed by atoms with van der Waals surface area (Å²) in [5.41, 5.74) is 4.02. The Morgan fingerprint density at radius 3 is 2.67 bits per heavy atom. The summed E-state index contributed by atoms with van der Waals surface area (Å²) in [6.45, 7) is 5.79. The monoisotopic (exact) mass is 500 g/mol. The summed E-state index contributed by atoms with van der Waals surface area (Å²) in [5.74, 6) is -3.28. The van der Waals surface area contributed by atoms with Gasteiger partial charge in [0.05, 0.1) is 30.3 Å². The number of hydrogen-bond acceptors (Lipinski definition) is 6. The van der Waals surface area contributed by atoms with Gasteiger partial charge in [0.2, 0.25) is 0 Å². The number of aliphatic hydroxyl groups excluding tert-OH is 1. The molecule has 6 nitrogen and oxygen atoms in total. The Morgan fingerprint density at radius 2 is 1.92 bits per heavy atom. The molecule has 1 aromatic heterocycles. The summed E-state index contributed by atoms with van der Waals surface area (Å²) in [6, 6.07) is 5.47. The van der Waals surface area contributed by atoms with Gasteiger partial charge in [0.15, 0.2) is 0 Å². The lowest BCUT2D eigenvalue weighted by Gasteiger charge is -2.31. The van der Waals surface area contributed by atoms with E-state index < -0.39 is 36.4 Å². The molecule has 2 aliphatic rings. The molecule has 0 amide bonds. The van der Waals surface area contributed by atoms with Gasteiger partial charge in [-0.2, -0.15) is 0 Å². The fourth-order valence-electron chi connectivity index (χ4n) is 5.38. The van der Waals surface area contributed by atoms with Gasteiger partial charge in [-0.25, -0.2) is 23.1 Å². The number of morpholine rings is 1. The molecule has 2 aromatic carbocycles. The molecule has 2 N–H and O–H groups in total. The molecule has 0 spiro atoms. The normalized spacial score (nSPS) is 16.9. The fraction of sp³-hybridized carbons (Fsp3) is 0.481. The van der Waals surface area contributed by atoms with Crippen molar-refractivity contribution in [3.63, 3.8) is 0 Å². The van der Waals surface area contributed by atoms with Crippen molar-refractivity contribution in [3.05, 3.63) is 58.2 Å². The molecule has 1 atom stereocenters. The summed E-state index contributed by atoms with van der Waals surface area (Å²) in [5, 5.41) is 13.1. The smallest absolute Gasteiger partial charge is 0.278 e. The number of anilines is 2. The highest BCUT2D eigenvalue weighted by Gasteiger charge is 2.35. The van der Waals surface area contributed by atoms with Crippen LogP contribution < -0.4 is 10.2 Å². The molecule has 0 bridgehead atoms. The van der Waals surface area contributed by atoms with E-state index in [1.165, 1.54) is 28.9 Å². The van der Waals surface area contributed by atoms with Gasteiger partial charge < -0.3 is 20.1 Å². The molecule has 2 heterocycles. The molecule has 1 saturated heterocycles. The van der Waals surface area contributed by atoms with E-state index in [1.54, 1.807) is 6.92 Å². The van der Waals surface area contributed by atoms with E-state index in [0.717, 1.165) is 49.3 Å². The van der Waals surface area contributed by atoms with Crippen LogP contribution in [0.15, 0.2) is 24.3 Å².